The summed E-state index contributed by atoms with van der Waals surface area (Å²) in [4.78, 5) is 0. The van der Waals surface area contributed by atoms with Crippen molar-refractivity contribution in [3.05, 3.63) is 11.4 Å². The van der Waals surface area contributed by atoms with Crippen molar-refractivity contribution in [3.63, 3.8) is 0 Å². The molecule has 3 N–H and O–H groups in total. The lowest BCUT2D eigenvalue weighted by Crippen LogP contribution is -2.07. The average molecular weight is 178 g/mol. The topological polar surface area (TPSA) is 60.7 Å². The minimum Gasteiger partial charge on any atom is -0.402 e. The quantitative estimate of drug-likeness (QED) is 0.465. The van der Waals surface area contributed by atoms with Gasteiger partial charge >= 0.3 is 13.4 Å². The third kappa shape index (κ3) is 25.1. The lowest BCUT2D eigenvalue weighted by molar-refractivity contribution is 0.278. The molecular weight excluding hydrogens is 175 g/mol. The fourth-order valence-electron chi connectivity index (χ4n) is 0. The van der Waals surface area contributed by atoms with Crippen LogP contribution in [0.4, 0.5) is 13.2 Å². The highest BCUT2D eigenvalue weighted by Crippen LogP contribution is 2.11. The van der Waals surface area contributed by atoms with Crippen LogP contribution in [0.2, 0.25) is 0 Å². The van der Waals surface area contributed by atoms with Crippen LogP contribution in [0.15, 0.2) is 11.4 Å². The second-order valence-electron chi connectivity index (χ2n) is 0.867. The Morgan fingerprint density at radius 2 is 1.20 bits per heavy atom. The van der Waals surface area contributed by atoms with Gasteiger partial charge in [-0.25, -0.2) is 0 Å². The normalized spacial score (nSPS) is 7.50. The summed E-state index contributed by atoms with van der Waals surface area (Å²) in [5.74, 6) is 0. The molecule has 0 spiro atoms. The van der Waals surface area contributed by atoms with Crippen molar-refractivity contribution in [1.82, 2.24) is 0 Å². The van der Waals surface area contributed by atoms with E-state index in [0.717, 1.165) is 0 Å². The van der Waals surface area contributed by atoms with Gasteiger partial charge in [-0.2, -0.15) is 13.2 Å². The van der Waals surface area contributed by atoms with Crippen LogP contribution in [-0.2, 0) is 0 Å². The van der Waals surface area contributed by atoms with Crippen molar-refractivity contribution in [2.24, 2.45) is 0 Å². The molecule has 0 aliphatic heterocycles. The van der Waals surface area contributed by atoms with E-state index in [4.69, 9.17) is 15.1 Å². The van der Waals surface area contributed by atoms with Crippen molar-refractivity contribution in [2.75, 3.05) is 0 Å². The highest BCUT2D eigenvalue weighted by Gasteiger charge is 1.95. The first-order valence-electron chi connectivity index (χ1n) is 1.78. The summed E-state index contributed by atoms with van der Waals surface area (Å²) in [6.45, 7) is 0. The number of rotatable bonds is 0. The Bertz CT molecular complexity index is 97.6. The van der Waals surface area contributed by atoms with Gasteiger partial charge in [0.25, 0.3) is 5.29 Å². The molecule has 0 heterocycles. The summed E-state index contributed by atoms with van der Waals surface area (Å²) in [7, 11) is -2.17. The molecule has 0 aliphatic rings. The standard InChI is InChI=1S/C2ClF3.BH3O3/c3-1(4)2(5)6;2-1(3)4/h;2-4H. The van der Waals surface area contributed by atoms with Gasteiger partial charge in [0.2, 0.25) is 0 Å². The van der Waals surface area contributed by atoms with Crippen molar-refractivity contribution in [1.29, 1.82) is 0 Å². The van der Waals surface area contributed by atoms with Crippen LogP contribution in [0.1, 0.15) is 0 Å². The van der Waals surface area contributed by atoms with Crippen molar-refractivity contribution in [2.45, 2.75) is 0 Å². The Balaban J connectivity index is 0. The summed E-state index contributed by atoms with van der Waals surface area (Å²) in [5.41, 5.74) is 0. The van der Waals surface area contributed by atoms with Crippen LogP contribution in [-0.4, -0.2) is 22.4 Å². The van der Waals surface area contributed by atoms with Crippen molar-refractivity contribution >= 4 is 18.9 Å². The molecular formula is C2H3BClF3O3. The molecule has 3 nitrogen and oxygen atoms in total. The molecule has 10 heavy (non-hydrogen) atoms. The molecule has 0 saturated heterocycles. The smallest absolute Gasteiger partial charge is 0.402 e. The summed E-state index contributed by atoms with van der Waals surface area (Å²) in [6, 6.07) is 0. The van der Waals surface area contributed by atoms with Crippen LogP contribution in [0.3, 0.4) is 0 Å². The first-order valence-corrected chi connectivity index (χ1v) is 2.16. The van der Waals surface area contributed by atoms with E-state index in [1.807, 2.05) is 0 Å². The van der Waals surface area contributed by atoms with Gasteiger partial charge in [-0.1, -0.05) is 0 Å². The molecule has 0 aromatic carbocycles. The number of halogens is 4. The third-order valence-electron chi connectivity index (χ3n) is 0.143. The Kier molecular flexibility index (Phi) is 8.56. The monoisotopic (exact) mass is 178 g/mol. The maximum Gasteiger partial charge on any atom is 0.631 e. The maximum absolute atomic E-state index is 10.7. The van der Waals surface area contributed by atoms with Crippen LogP contribution >= 0.6 is 11.6 Å². The van der Waals surface area contributed by atoms with Gasteiger partial charge in [-0.3, -0.25) is 0 Å². The number of hydrogen-bond donors (Lipinski definition) is 3. The molecule has 0 rings (SSSR count). The molecule has 0 atom stereocenters. The van der Waals surface area contributed by atoms with E-state index in [0.29, 0.717) is 0 Å². The molecule has 0 aliphatic carbocycles. The molecule has 0 fully saturated rings. The molecule has 8 heteroatoms. The fraction of sp³-hybridized carbons (Fsp3) is 0. The highest BCUT2D eigenvalue weighted by atomic mass is 35.5. The first-order chi connectivity index (χ1) is 4.37. The summed E-state index contributed by atoms with van der Waals surface area (Å²) < 4.78 is 31.8. The Morgan fingerprint density at radius 3 is 1.20 bits per heavy atom. The predicted octanol–water partition coefficient (Wildman–Crippen LogP) is 0.209. The van der Waals surface area contributed by atoms with Gasteiger partial charge in [0, 0.05) is 0 Å². The lowest BCUT2D eigenvalue weighted by Gasteiger charge is -1.70. The van der Waals surface area contributed by atoms with Gasteiger partial charge in [0.1, 0.15) is 0 Å². The molecule has 0 amide bonds. The summed E-state index contributed by atoms with van der Waals surface area (Å²) in [6.07, 6.45) is -2.48. The number of hydrogen-bond acceptors (Lipinski definition) is 3. The predicted molar refractivity (Wildman–Crippen MR) is 28.6 cm³/mol. The minimum atomic E-state index is -2.48. The minimum absolute atomic E-state index is 1.94. The molecule has 0 bridgehead atoms. The van der Waals surface area contributed by atoms with Crippen LogP contribution in [0.25, 0.3) is 0 Å². The Labute approximate surface area is 59.5 Å². The van der Waals surface area contributed by atoms with E-state index >= 15 is 0 Å². The van der Waals surface area contributed by atoms with Crippen molar-refractivity contribution in [3.8, 4) is 0 Å². The van der Waals surface area contributed by atoms with Gasteiger partial charge in [-0.05, 0) is 11.6 Å². The largest absolute Gasteiger partial charge is 0.631 e. The van der Waals surface area contributed by atoms with E-state index < -0.39 is 18.7 Å². The summed E-state index contributed by atoms with van der Waals surface area (Å²) >= 11 is 4.08. The van der Waals surface area contributed by atoms with E-state index in [1.165, 1.54) is 0 Å². The molecule has 0 unspecified atom stereocenters. The van der Waals surface area contributed by atoms with E-state index in [2.05, 4.69) is 11.6 Å². The van der Waals surface area contributed by atoms with Gasteiger partial charge in [0.05, 0.1) is 0 Å². The molecule has 0 aromatic heterocycles. The molecule has 0 saturated carbocycles. The van der Waals surface area contributed by atoms with Crippen LogP contribution in [0.5, 0.6) is 0 Å². The van der Waals surface area contributed by atoms with E-state index in [-0.39, 0.29) is 0 Å². The van der Waals surface area contributed by atoms with Crippen LogP contribution < -0.4 is 0 Å². The zero-order valence-electron chi connectivity index (χ0n) is 4.43. The van der Waals surface area contributed by atoms with E-state index in [1.54, 1.807) is 0 Å². The van der Waals surface area contributed by atoms with Gasteiger partial charge < -0.3 is 15.1 Å². The van der Waals surface area contributed by atoms with Crippen molar-refractivity contribution < 1.29 is 28.2 Å². The van der Waals surface area contributed by atoms with Gasteiger partial charge in [-0.15, -0.1) is 0 Å². The third-order valence-corrected chi connectivity index (χ3v) is 0.286. The maximum atomic E-state index is 10.7. The SMILES string of the molecule is FC(F)=C(F)Cl.OB(O)O. The first kappa shape index (κ1) is 12.4. The zero-order chi connectivity index (χ0) is 8.73. The Hall–Kier alpha value is -0.235. The van der Waals surface area contributed by atoms with E-state index in [9.17, 15) is 13.2 Å². The molecule has 0 radical (unpaired) electrons. The van der Waals surface area contributed by atoms with Crippen LogP contribution in [0, 0.1) is 0 Å². The average Bonchev–Trinajstić information content (AvgIpc) is 1.63. The second-order valence-corrected chi connectivity index (χ2v) is 1.20. The fourth-order valence-corrected chi connectivity index (χ4v) is 0. The second kappa shape index (κ2) is 6.88. The Morgan fingerprint density at radius 1 is 1.10 bits per heavy atom. The lowest BCUT2D eigenvalue weighted by atomic mass is 10.3. The highest BCUT2D eigenvalue weighted by molar-refractivity contribution is 6.30. The summed E-state index contributed by atoms with van der Waals surface area (Å²) in [5, 5.41) is 19.6. The molecule has 0 aromatic rings. The zero-order valence-corrected chi connectivity index (χ0v) is 5.19. The van der Waals surface area contributed by atoms with Gasteiger partial charge in [0.15, 0.2) is 0 Å². The molecule has 60 valence electrons.